The summed E-state index contributed by atoms with van der Waals surface area (Å²) in [6, 6.07) is 6.49. The molecule has 0 unspecified atom stereocenters. The van der Waals surface area contributed by atoms with Crippen LogP contribution in [0.1, 0.15) is 31.3 Å². The van der Waals surface area contributed by atoms with E-state index < -0.39 is 18.1 Å². The third-order valence-corrected chi connectivity index (χ3v) is 3.66. The Bertz CT molecular complexity index is 653. The third kappa shape index (κ3) is 4.34. The van der Waals surface area contributed by atoms with Gasteiger partial charge in [0.25, 0.3) is 0 Å². The summed E-state index contributed by atoms with van der Waals surface area (Å²) in [7, 11) is 0. The molecular formula is C17H22N4O2. The summed E-state index contributed by atoms with van der Waals surface area (Å²) < 4.78 is 0. The number of aliphatic hydroxyl groups excluding tert-OH is 1. The largest absolute Gasteiger partial charge is 0.391 e. The van der Waals surface area contributed by atoms with Crippen molar-refractivity contribution in [3.63, 3.8) is 0 Å². The number of aromatic nitrogens is 2. The minimum Gasteiger partial charge on any atom is -0.391 e. The molecule has 0 aliphatic heterocycles. The van der Waals surface area contributed by atoms with Gasteiger partial charge < -0.3 is 16.2 Å². The Balaban J connectivity index is 2.07. The number of rotatable bonds is 5. The number of amides is 1. The van der Waals surface area contributed by atoms with Crippen LogP contribution in [-0.2, 0) is 4.79 Å². The molecule has 6 heteroatoms. The summed E-state index contributed by atoms with van der Waals surface area (Å²) in [5.74, 6) is -0.402. The first-order chi connectivity index (χ1) is 10.9. The van der Waals surface area contributed by atoms with Crippen molar-refractivity contribution in [2.45, 2.75) is 39.0 Å². The zero-order chi connectivity index (χ0) is 17.0. The molecule has 0 saturated carbocycles. The number of nitrogens with two attached hydrogens (primary N) is 1. The van der Waals surface area contributed by atoms with Crippen LogP contribution < -0.4 is 11.1 Å². The second-order valence-electron chi connectivity index (χ2n) is 5.66. The first-order valence-corrected chi connectivity index (χ1v) is 7.51. The van der Waals surface area contributed by atoms with E-state index in [0.29, 0.717) is 0 Å². The maximum absolute atomic E-state index is 11.9. The molecule has 1 amide bonds. The van der Waals surface area contributed by atoms with E-state index in [1.54, 1.807) is 12.4 Å². The van der Waals surface area contributed by atoms with Crippen LogP contribution in [0.25, 0.3) is 11.1 Å². The van der Waals surface area contributed by atoms with Gasteiger partial charge in [0.1, 0.15) is 6.04 Å². The van der Waals surface area contributed by atoms with Gasteiger partial charge in [-0.15, -0.1) is 0 Å². The van der Waals surface area contributed by atoms with Crippen LogP contribution in [0.15, 0.2) is 36.7 Å². The van der Waals surface area contributed by atoms with Crippen molar-refractivity contribution < 1.29 is 9.90 Å². The molecule has 6 nitrogen and oxygen atoms in total. The van der Waals surface area contributed by atoms with E-state index >= 15 is 0 Å². The first-order valence-electron chi connectivity index (χ1n) is 7.51. The Kier molecular flexibility index (Phi) is 5.41. The molecule has 23 heavy (non-hydrogen) atoms. The highest BCUT2D eigenvalue weighted by Crippen LogP contribution is 2.19. The summed E-state index contributed by atoms with van der Waals surface area (Å²) in [5.41, 5.74) is 9.24. The highest BCUT2D eigenvalue weighted by molar-refractivity contribution is 5.82. The van der Waals surface area contributed by atoms with E-state index in [0.717, 1.165) is 22.5 Å². The number of hydrogen-bond donors (Lipinski definition) is 3. The average molecular weight is 314 g/mol. The number of aliphatic hydroxyl groups is 1. The third-order valence-electron chi connectivity index (χ3n) is 3.66. The Hall–Kier alpha value is -2.31. The average Bonchev–Trinajstić information content (AvgIpc) is 2.54. The standard InChI is InChI=1S/C17H22N4O2/c1-10-4-5-13(8-19-10)14-6-7-15(20-9-14)11(2)21-17(23)16(18)12(3)22/h4-9,11-12,16,22H,18H2,1-3H3,(H,21,23)/t11-,12-,16+/m1/s1. The minimum absolute atomic E-state index is 0.294. The Morgan fingerprint density at radius 3 is 2.22 bits per heavy atom. The number of carbonyl (C=O) groups is 1. The van der Waals surface area contributed by atoms with Crippen molar-refractivity contribution in [1.82, 2.24) is 15.3 Å². The minimum atomic E-state index is -0.949. The molecule has 0 fully saturated rings. The number of pyridine rings is 2. The smallest absolute Gasteiger partial charge is 0.240 e. The van der Waals surface area contributed by atoms with Crippen molar-refractivity contribution >= 4 is 5.91 Å². The summed E-state index contributed by atoms with van der Waals surface area (Å²) in [6.45, 7) is 5.24. The van der Waals surface area contributed by atoms with Gasteiger partial charge in [0, 0.05) is 29.2 Å². The monoisotopic (exact) mass is 314 g/mol. The van der Waals surface area contributed by atoms with Gasteiger partial charge >= 0.3 is 0 Å². The van der Waals surface area contributed by atoms with Gasteiger partial charge in [-0.1, -0.05) is 12.1 Å². The number of hydrogen-bond acceptors (Lipinski definition) is 5. The van der Waals surface area contributed by atoms with E-state index in [2.05, 4.69) is 15.3 Å². The molecule has 2 heterocycles. The summed E-state index contributed by atoms with van der Waals surface area (Å²) in [4.78, 5) is 20.5. The lowest BCUT2D eigenvalue weighted by Gasteiger charge is -2.19. The molecule has 0 aliphatic carbocycles. The maximum atomic E-state index is 11.9. The zero-order valence-electron chi connectivity index (χ0n) is 13.5. The van der Waals surface area contributed by atoms with Gasteiger partial charge in [-0.3, -0.25) is 14.8 Å². The molecule has 2 aromatic heterocycles. The van der Waals surface area contributed by atoms with Crippen LogP contribution in [0, 0.1) is 6.92 Å². The number of nitrogens with zero attached hydrogens (tertiary/aromatic N) is 2. The van der Waals surface area contributed by atoms with Crippen LogP contribution in [0.4, 0.5) is 0 Å². The molecule has 122 valence electrons. The predicted octanol–water partition coefficient (Wildman–Crippen LogP) is 1.34. The predicted molar refractivity (Wildman–Crippen MR) is 88.4 cm³/mol. The van der Waals surface area contributed by atoms with Crippen molar-refractivity contribution in [3.8, 4) is 11.1 Å². The highest BCUT2D eigenvalue weighted by atomic mass is 16.3. The van der Waals surface area contributed by atoms with Gasteiger partial charge in [-0.2, -0.15) is 0 Å². The van der Waals surface area contributed by atoms with Crippen molar-refractivity contribution in [2.24, 2.45) is 5.73 Å². The van der Waals surface area contributed by atoms with Gasteiger partial charge in [0.15, 0.2) is 0 Å². The van der Waals surface area contributed by atoms with E-state index in [1.807, 2.05) is 38.1 Å². The lowest BCUT2D eigenvalue weighted by molar-refractivity contribution is -0.125. The number of carbonyl (C=O) groups excluding carboxylic acids is 1. The maximum Gasteiger partial charge on any atom is 0.240 e. The molecule has 0 radical (unpaired) electrons. The van der Waals surface area contributed by atoms with Crippen molar-refractivity contribution in [3.05, 3.63) is 48.0 Å². The van der Waals surface area contributed by atoms with E-state index in [9.17, 15) is 9.90 Å². The van der Waals surface area contributed by atoms with E-state index in [-0.39, 0.29) is 6.04 Å². The molecule has 0 bridgehead atoms. The van der Waals surface area contributed by atoms with Gasteiger partial charge in [-0.25, -0.2) is 0 Å². The molecule has 0 saturated heterocycles. The molecule has 0 spiro atoms. The topological polar surface area (TPSA) is 101 Å². The fraction of sp³-hybridized carbons (Fsp3) is 0.353. The van der Waals surface area contributed by atoms with Gasteiger partial charge in [0.2, 0.25) is 5.91 Å². The van der Waals surface area contributed by atoms with Crippen LogP contribution >= 0.6 is 0 Å². The lowest BCUT2D eigenvalue weighted by Crippen LogP contribution is -2.47. The lowest BCUT2D eigenvalue weighted by atomic mass is 10.1. The molecule has 4 N–H and O–H groups in total. The van der Waals surface area contributed by atoms with Crippen LogP contribution in [0.3, 0.4) is 0 Å². The molecule has 2 aromatic rings. The van der Waals surface area contributed by atoms with E-state index in [4.69, 9.17) is 5.73 Å². The molecule has 2 rings (SSSR count). The van der Waals surface area contributed by atoms with Crippen LogP contribution in [0.2, 0.25) is 0 Å². The molecular weight excluding hydrogens is 292 g/mol. The van der Waals surface area contributed by atoms with Crippen LogP contribution in [0.5, 0.6) is 0 Å². The Morgan fingerprint density at radius 1 is 1.13 bits per heavy atom. The molecule has 3 atom stereocenters. The first kappa shape index (κ1) is 17.1. The summed E-state index contributed by atoms with van der Waals surface area (Å²) >= 11 is 0. The second-order valence-corrected chi connectivity index (χ2v) is 5.66. The quantitative estimate of drug-likeness (QED) is 0.773. The number of aryl methyl sites for hydroxylation is 1. The second kappa shape index (κ2) is 7.30. The zero-order valence-corrected chi connectivity index (χ0v) is 13.5. The fourth-order valence-corrected chi connectivity index (χ4v) is 2.07. The normalized spacial score (nSPS) is 14.8. The van der Waals surface area contributed by atoms with Gasteiger partial charge in [-0.05, 0) is 32.9 Å². The Morgan fingerprint density at radius 2 is 1.74 bits per heavy atom. The van der Waals surface area contributed by atoms with Crippen molar-refractivity contribution in [1.29, 1.82) is 0 Å². The SMILES string of the molecule is Cc1ccc(-c2ccc([C@@H](C)NC(=O)[C@@H](N)[C@@H](C)O)nc2)cn1. The van der Waals surface area contributed by atoms with Crippen molar-refractivity contribution in [2.75, 3.05) is 0 Å². The number of nitrogens with one attached hydrogen (secondary N) is 1. The molecule has 0 aromatic carbocycles. The molecule has 0 aliphatic rings. The van der Waals surface area contributed by atoms with Crippen LogP contribution in [-0.4, -0.2) is 33.1 Å². The van der Waals surface area contributed by atoms with Gasteiger partial charge in [0.05, 0.1) is 17.8 Å². The Labute approximate surface area is 135 Å². The summed E-state index contributed by atoms with van der Waals surface area (Å²) in [6.07, 6.45) is 2.66. The fourth-order valence-electron chi connectivity index (χ4n) is 2.07. The van der Waals surface area contributed by atoms with E-state index in [1.165, 1.54) is 6.92 Å². The summed E-state index contributed by atoms with van der Waals surface area (Å²) in [5, 5.41) is 12.1. The highest BCUT2D eigenvalue weighted by Gasteiger charge is 2.21.